The van der Waals surface area contributed by atoms with Crippen molar-refractivity contribution in [3.05, 3.63) is 0 Å². The van der Waals surface area contributed by atoms with Crippen LogP contribution in [0.15, 0.2) is 0 Å². The van der Waals surface area contributed by atoms with Crippen LogP contribution in [-0.4, -0.2) is 24.7 Å². The molecule has 0 amide bonds. The summed E-state index contributed by atoms with van der Waals surface area (Å²) in [4.78, 5) is 2.40. The van der Waals surface area contributed by atoms with E-state index in [4.69, 9.17) is 5.73 Å². The molecule has 3 aliphatic carbocycles. The first-order valence-electron chi connectivity index (χ1n) is 6.17. The maximum atomic E-state index is 6.28. The lowest BCUT2D eigenvalue weighted by atomic mass is 9.73. The Hall–Kier alpha value is -0.0800. The van der Waals surface area contributed by atoms with Crippen molar-refractivity contribution < 1.29 is 0 Å². The molecule has 14 heavy (non-hydrogen) atoms. The van der Waals surface area contributed by atoms with Crippen molar-refractivity contribution in [1.29, 1.82) is 0 Å². The molecule has 4 fully saturated rings. The normalized spacial score (nSPS) is 58.3. The molecule has 4 aliphatic rings. The summed E-state index contributed by atoms with van der Waals surface area (Å²) in [6, 6.07) is 0. The molecule has 5 atom stereocenters. The highest BCUT2D eigenvalue weighted by atomic mass is 15.2. The molecule has 1 saturated heterocycles. The number of hydrogen-bond acceptors (Lipinski definition) is 2. The highest BCUT2D eigenvalue weighted by Gasteiger charge is 2.67. The molecule has 2 bridgehead atoms. The zero-order valence-corrected chi connectivity index (χ0v) is 8.95. The average Bonchev–Trinajstić information content (AvgIpc) is 2.54. The van der Waals surface area contributed by atoms with Gasteiger partial charge < -0.3 is 5.73 Å². The predicted octanol–water partition coefficient (Wildman–Crippen LogP) is 1.27. The first kappa shape index (κ1) is 8.12. The Morgan fingerprint density at radius 3 is 2.86 bits per heavy atom. The minimum Gasteiger partial charge on any atom is -0.315 e. The first-order chi connectivity index (χ1) is 6.71. The van der Waals surface area contributed by atoms with Crippen molar-refractivity contribution in [2.24, 2.45) is 34.8 Å². The van der Waals surface area contributed by atoms with Crippen molar-refractivity contribution in [1.82, 2.24) is 4.90 Å². The molecule has 1 heterocycles. The third-order valence-electron chi connectivity index (χ3n) is 5.86. The van der Waals surface area contributed by atoms with Crippen LogP contribution < -0.4 is 5.73 Å². The molecule has 1 aliphatic heterocycles. The van der Waals surface area contributed by atoms with Gasteiger partial charge in [0.25, 0.3) is 0 Å². The van der Waals surface area contributed by atoms with Crippen molar-refractivity contribution in [3.63, 3.8) is 0 Å². The molecule has 78 valence electrons. The van der Waals surface area contributed by atoms with E-state index in [-0.39, 0.29) is 0 Å². The van der Waals surface area contributed by atoms with Gasteiger partial charge in [-0.2, -0.15) is 0 Å². The second kappa shape index (κ2) is 2.19. The summed E-state index contributed by atoms with van der Waals surface area (Å²) < 4.78 is 0. The van der Waals surface area contributed by atoms with E-state index in [0.29, 0.717) is 6.17 Å². The average molecular weight is 192 g/mol. The zero-order chi connectivity index (χ0) is 9.50. The fourth-order valence-electron chi connectivity index (χ4n) is 5.14. The SMILES string of the molecule is CN1CC2C(C3CC2C2(CC2)C3)C1N. The van der Waals surface area contributed by atoms with Gasteiger partial charge in [0, 0.05) is 6.54 Å². The molecule has 5 unspecified atom stereocenters. The number of hydrogen-bond donors (Lipinski definition) is 1. The molecule has 2 N–H and O–H groups in total. The predicted molar refractivity (Wildman–Crippen MR) is 55.5 cm³/mol. The summed E-state index contributed by atoms with van der Waals surface area (Å²) in [6.07, 6.45) is 6.51. The van der Waals surface area contributed by atoms with Crippen molar-refractivity contribution in [2.45, 2.75) is 31.8 Å². The zero-order valence-electron chi connectivity index (χ0n) is 8.95. The Morgan fingerprint density at radius 1 is 1.36 bits per heavy atom. The first-order valence-corrected chi connectivity index (χ1v) is 6.17. The number of rotatable bonds is 0. The lowest BCUT2D eigenvalue weighted by Gasteiger charge is -2.32. The largest absolute Gasteiger partial charge is 0.315 e. The van der Waals surface area contributed by atoms with Gasteiger partial charge in [0.15, 0.2) is 0 Å². The van der Waals surface area contributed by atoms with Crippen molar-refractivity contribution >= 4 is 0 Å². The van der Waals surface area contributed by atoms with Crippen LogP contribution in [-0.2, 0) is 0 Å². The molecule has 2 nitrogen and oxygen atoms in total. The van der Waals surface area contributed by atoms with Gasteiger partial charge in [-0.05, 0) is 61.8 Å². The summed E-state index contributed by atoms with van der Waals surface area (Å²) in [5.41, 5.74) is 7.13. The minimum absolute atomic E-state index is 0.381. The molecule has 1 spiro atoms. The van der Waals surface area contributed by atoms with E-state index in [0.717, 1.165) is 29.1 Å². The highest BCUT2D eigenvalue weighted by molar-refractivity contribution is 5.16. The quantitative estimate of drug-likeness (QED) is 0.626. The van der Waals surface area contributed by atoms with E-state index in [1.165, 1.54) is 32.2 Å². The van der Waals surface area contributed by atoms with Crippen molar-refractivity contribution in [2.75, 3.05) is 13.6 Å². The van der Waals surface area contributed by atoms with Crippen LogP contribution in [0.5, 0.6) is 0 Å². The minimum atomic E-state index is 0.381. The van der Waals surface area contributed by atoms with Gasteiger partial charge >= 0.3 is 0 Å². The molecular formula is C12H20N2. The maximum absolute atomic E-state index is 6.28. The molecule has 4 rings (SSSR count). The smallest absolute Gasteiger partial charge is 0.0604 e. The molecule has 2 heteroatoms. The van der Waals surface area contributed by atoms with Crippen LogP contribution in [0.25, 0.3) is 0 Å². The molecule has 0 aromatic heterocycles. The summed E-state index contributed by atoms with van der Waals surface area (Å²) >= 11 is 0. The Bertz CT molecular complexity index is 282. The Labute approximate surface area is 85.8 Å². The lowest BCUT2D eigenvalue weighted by Crippen LogP contribution is -2.40. The van der Waals surface area contributed by atoms with Crippen LogP contribution >= 0.6 is 0 Å². The third-order valence-corrected chi connectivity index (χ3v) is 5.86. The third kappa shape index (κ3) is 0.737. The van der Waals surface area contributed by atoms with Gasteiger partial charge in [-0.3, -0.25) is 4.90 Å². The molecular weight excluding hydrogens is 172 g/mol. The topological polar surface area (TPSA) is 29.3 Å². The number of fused-ring (bicyclic) bond motifs is 6. The maximum Gasteiger partial charge on any atom is 0.0604 e. The number of likely N-dealkylation sites (tertiary alicyclic amines) is 1. The summed E-state index contributed by atoms with van der Waals surface area (Å²) in [7, 11) is 2.21. The van der Waals surface area contributed by atoms with E-state index < -0.39 is 0 Å². The van der Waals surface area contributed by atoms with E-state index in [1.54, 1.807) is 0 Å². The van der Waals surface area contributed by atoms with Crippen LogP contribution in [0.1, 0.15) is 25.7 Å². The van der Waals surface area contributed by atoms with Gasteiger partial charge in [-0.25, -0.2) is 0 Å². The molecule has 0 aromatic carbocycles. The van der Waals surface area contributed by atoms with Gasteiger partial charge in [0.1, 0.15) is 0 Å². The number of nitrogens with zero attached hydrogens (tertiary/aromatic N) is 1. The fraction of sp³-hybridized carbons (Fsp3) is 1.00. The summed E-state index contributed by atoms with van der Waals surface area (Å²) in [6.45, 7) is 1.29. The van der Waals surface area contributed by atoms with Gasteiger partial charge in [-0.1, -0.05) is 0 Å². The molecule has 0 aromatic rings. The van der Waals surface area contributed by atoms with E-state index >= 15 is 0 Å². The number of nitrogens with two attached hydrogens (primary N) is 1. The van der Waals surface area contributed by atoms with Crippen LogP contribution in [0.2, 0.25) is 0 Å². The van der Waals surface area contributed by atoms with Crippen LogP contribution in [0, 0.1) is 29.1 Å². The monoisotopic (exact) mass is 192 g/mol. The van der Waals surface area contributed by atoms with Crippen molar-refractivity contribution in [3.8, 4) is 0 Å². The van der Waals surface area contributed by atoms with Gasteiger partial charge in [0.05, 0.1) is 6.17 Å². The second-order valence-electron chi connectivity index (χ2n) is 6.34. The van der Waals surface area contributed by atoms with Gasteiger partial charge in [0.2, 0.25) is 0 Å². The van der Waals surface area contributed by atoms with E-state index in [2.05, 4.69) is 11.9 Å². The van der Waals surface area contributed by atoms with Crippen LogP contribution in [0.4, 0.5) is 0 Å². The fourth-order valence-corrected chi connectivity index (χ4v) is 5.14. The Balaban J connectivity index is 1.70. The molecule has 0 radical (unpaired) electrons. The van der Waals surface area contributed by atoms with E-state index in [1.807, 2.05) is 0 Å². The van der Waals surface area contributed by atoms with E-state index in [9.17, 15) is 0 Å². The Morgan fingerprint density at radius 2 is 2.14 bits per heavy atom. The highest BCUT2D eigenvalue weighted by Crippen LogP contribution is 2.72. The summed E-state index contributed by atoms with van der Waals surface area (Å²) in [5, 5.41) is 0. The standard InChI is InChI=1S/C12H20N2/c1-14-6-8-9-4-7(10(8)11(14)13)5-12(9)2-3-12/h7-11H,2-6,13H2,1H3. The Kier molecular flexibility index (Phi) is 1.27. The van der Waals surface area contributed by atoms with Crippen LogP contribution in [0.3, 0.4) is 0 Å². The summed E-state index contributed by atoms with van der Waals surface area (Å²) in [5.74, 6) is 3.88. The molecule has 3 saturated carbocycles. The van der Waals surface area contributed by atoms with Gasteiger partial charge in [-0.15, -0.1) is 0 Å². The second-order valence-corrected chi connectivity index (χ2v) is 6.34. The lowest BCUT2D eigenvalue weighted by molar-refractivity contribution is 0.168.